The molecule has 2 aromatic carbocycles. The molecule has 0 aliphatic carbocycles. The number of nitrogens with two attached hydrogens (primary N) is 1. The number of benzene rings is 2. The van der Waals surface area contributed by atoms with Gasteiger partial charge >= 0.3 is 0 Å². The van der Waals surface area contributed by atoms with Crippen LogP contribution in [0.4, 0.5) is 11.4 Å². The molecule has 3 N–H and O–H groups in total. The van der Waals surface area contributed by atoms with Gasteiger partial charge in [0, 0.05) is 30.1 Å². The third-order valence-corrected chi connectivity index (χ3v) is 4.89. The summed E-state index contributed by atoms with van der Waals surface area (Å²) in [4.78, 5) is 26.4. The molecule has 0 aromatic heterocycles. The molecule has 1 unspecified atom stereocenters. The smallest absolute Gasteiger partial charge is 0.258 e. The first kappa shape index (κ1) is 17.4. The molecule has 0 radical (unpaired) electrons. The number of fused-ring (bicyclic) bond motifs is 2. The van der Waals surface area contributed by atoms with Gasteiger partial charge in [0.2, 0.25) is 5.91 Å². The Morgan fingerprint density at radius 2 is 1.93 bits per heavy atom. The molecule has 0 saturated carbocycles. The average Bonchev–Trinajstić information content (AvgIpc) is 2.84. The summed E-state index contributed by atoms with van der Waals surface area (Å²) in [5.41, 5.74) is 8.72. The summed E-state index contributed by atoms with van der Waals surface area (Å²) in [7, 11) is 1.72. The summed E-state index contributed by atoms with van der Waals surface area (Å²) in [6.45, 7) is 1.02. The lowest BCUT2D eigenvalue weighted by Crippen LogP contribution is -2.34. The van der Waals surface area contributed by atoms with Crippen LogP contribution in [0.1, 0.15) is 22.3 Å². The highest BCUT2D eigenvalue weighted by atomic mass is 16.6. The third kappa shape index (κ3) is 3.33. The quantitative estimate of drug-likeness (QED) is 0.846. The van der Waals surface area contributed by atoms with Crippen molar-refractivity contribution in [3.63, 3.8) is 0 Å². The summed E-state index contributed by atoms with van der Waals surface area (Å²) < 4.78 is 11.1. The number of ether oxygens (including phenoxy) is 2. The number of anilines is 2. The number of aryl methyl sites for hydroxylation is 1. The molecule has 2 heterocycles. The van der Waals surface area contributed by atoms with Crippen molar-refractivity contribution in [2.45, 2.75) is 18.9 Å². The van der Waals surface area contributed by atoms with Gasteiger partial charge in [0.1, 0.15) is 13.2 Å². The molecule has 7 nitrogen and oxygen atoms in total. The molecule has 0 saturated heterocycles. The maximum Gasteiger partial charge on any atom is 0.258 e. The van der Waals surface area contributed by atoms with Crippen LogP contribution >= 0.6 is 0 Å². The van der Waals surface area contributed by atoms with E-state index in [2.05, 4.69) is 5.32 Å². The monoisotopic (exact) mass is 367 g/mol. The number of nitrogens with one attached hydrogen (secondary N) is 1. The van der Waals surface area contributed by atoms with E-state index in [1.807, 2.05) is 18.2 Å². The normalized spacial score (nSPS) is 18.1. The van der Waals surface area contributed by atoms with Gasteiger partial charge in [-0.05, 0) is 48.7 Å². The minimum Gasteiger partial charge on any atom is -0.486 e. The number of carbonyl (C=O) groups is 2. The Morgan fingerprint density at radius 1 is 1.15 bits per heavy atom. The maximum absolute atomic E-state index is 13.0. The molecule has 2 aliphatic heterocycles. The molecule has 1 atom stereocenters. The van der Waals surface area contributed by atoms with E-state index in [1.54, 1.807) is 30.1 Å². The lowest BCUT2D eigenvalue weighted by molar-refractivity contribution is -0.117. The molecule has 0 spiro atoms. The molecule has 2 amide bonds. The number of nitrogens with zero attached hydrogens (tertiary/aromatic N) is 1. The van der Waals surface area contributed by atoms with E-state index in [-0.39, 0.29) is 11.8 Å². The zero-order chi connectivity index (χ0) is 19.0. The van der Waals surface area contributed by atoms with Crippen LogP contribution in [0, 0.1) is 0 Å². The summed E-state index contributed by atoms with van der Waals surface area (Å²) in [5, 5.41) is 2.81. The third-order valence-electron chi connectivity index (χ3n) is 4.89. The van der Waals surface area contributed by atoms with Crippen LogP contribution in [-0.2, 0) is 11.2 Å². The van der Waals surface area contributed by atoms with Gasteiger partial charge in [0.05, 0.1) is 6.04 Å². The largest absolute Gasteiger partial charge is 0.486 e. The van der Waals surface area contributed by atoms with Gasteiger partial charge in [0.25, 0.3) is 5.91 Å². The molecule has 0 bridgehead atoms. The first-order valence-corrected chi connectivity index (χ1v) is 8.90. The van der Waals surface area contributed by atoms with E-state index in [4.69, 9.17) is 15.2 Å². The molecule has 140 valence electrons. The van der Waals surface area contributed by atoms with E-state index in [1.165, 1.54) is 0 Å². The van der Waals surface area contributed by atoms with Gasteiger partial charge in [-0.2, -0.15) is 0 Å². The van der Waals surface area contributed by atoms with Crippen molar-refractivity contribution in [3.8, 4) is 11.5 Å². The van der Waals surface area contributed by atoms with E-state index in [9.17, 15) is 9.59 Å². The molecule has 4 rings (SSSR count). The highest BCUT2D eigenvalue weighted by Crippen LogP contribution is 2.34. The van der Waals surface area contributed by atoms with Crippen molar-refractivity contribution in [1.29, 1.82) is 0 Å². The van der Waals surface area contributed by atoms with E-state index >= 15 is 0 Å². The number of hydrogen-bond donors (Lipinski definition) is 2. The Labute approximate surface area is 157 Å². The highest BCUT2D eigenvalue weighted by molar-refractivity contribution is 6.06. The standard InChI is InChI=1S/C20H21N3O4/c1-23(14-4-7-17-18(11-14)27-9-8-26-17)20(25)13-3-6-16-12(10-13)2-5-15(21)19(24)22-16/h3-4,6-7,10-11,15H,2,5,8-9,21H2,1H3,(H,22,24). The minimum atomic E-state index is -0.531. The van der Waals surface area contributed by atoms with Gasteiger partial charge in [-0.1, -0.05) is 0 Å². The highest BCUT2D eigenvalue weighted by Gasteiger charge is 2.22. The molecular formula is C20H21N3O4. The van der Waals surface area contributed by atoms with Crippen LogP contribution in [0.25, 0.3) is 0 Å². The molecule has 27 heavy (non-hydrogen) atoms. The van der Waals surface area contributed by atoms with Crippen molar-refractivity contribution < 1.29 is 19.1 Å². The van der Waals surface area contributed by atoms with Crippen LogP contribution in [0.5, 0.6) is 11.5 Å². The number of rotatable bonds is 2. The van der Waals surface area contributed by atoms with E-state index in [0.29, 0.717) is 48.8 Å². The summed E-state index contributed by atoms with van der Waals surface area (Å²) >= 11 is 0. The van der Waals surface area contributed by atoms with Crippen LogP contribution in [0.15, 0.2) is 36.4 Å². The van der Waals surface area contributed by atoms with Gasteiger partial charge in [-0.3, -0.25) is 9.59 Å². The van der Waals surface area contributed by atoms with Gasteiger partial charge in [0.15, 0.2) is 11.5 Å². The topological polar surface area (TPSA) is 93.9 Å². The average molecular weight is 367 g/mol. The zero-order valence-electron chi connectivity index (χ0n) is 15.0. The number of hydrogen-bond acceptors (Lipinski definition) is 5. The number of amides is 2. The van der Waals surface area contributed by atoms with Crippen LogP contribution in [0.2, 0.25) is 0 Å². The fraction of sp³-hybridized carbons (Fsp3) is 0.300. The minimum absolute atomic E-state index is 0.144. The maximum atomic E-state index is 13.0. The van der Waals surface area contributed by atoms with E-state index in [0.717, 1.165) is 11.3 Å². The molecule has 2 aliphatic rings. The lowest BCUT2D eigenvalue weighted by Gasteiger charge is -2.22. The molecule has 0 fully saturated rings. The Balaban J connectivity index is 1.58. The van der Waals surface area contributed by atoms with Crippen molar-refractivity contribution >= 4 is 23.2 Å². The van der Waals surface area contributed by atoms with Crippen LogP contribution in [0.3, 0.4) is 0 Å². The Morgan fingerprint density at radius 3 is 2.74 bits per heavy atom. The van der Waals surface area contributed by atoms with Crippen molar-refractivity contribution in [1.82, 2.24) is 0 Å². The van der Waals surface area contributed by atoms with Crippen molar-refractivity contribution in [3.05, 3.63) is 47.5 Å². The van der Waals surface area contributed by atoms with Gasteiger partial charge in [-0.15, -0.1) is 0 Å². The predicted octanol–water partition coefficient (Wildman–Crippen LogP) is 1.95. The van der Waals surface area contributed by atoms with Crippen LogP contribution in [-0.4, -0.2) is 38.1 Å². The first-order valence-electron chi connectivity index (χ1n) is 8.90. The summed E-state index contributed by atoms with van der Waals surface area (Å²) in [5.74, 6) is 0.982. The van der Waals surface area contributed by atoms with Crippen molar-refractivity contribution in [2.75, 3.05) is 30.5 Å². The first-order chi connectivity index (χ1) is 13.0. The Hall–Kier alpha value is -3.06. The van der Waals surface area contributed by atoms with Gasteiger partial charge in [-0.25, -0.2) is 0 Å². The second kappa shape index (κ2) is 6.92. The molecule has 2 aromatic rings. The summed E-state index contributed by atoms with van der Waals surface area (Å²) in [6, 6.07) is 10.2. The lowest BCUT2D eigenvalue weighted by atomic mass is 10.0. The Kier molecular flexibility index (Phi) is 4.45. The fourth-order valence-electron chi connectivity index (χ4n) is 3.27. The van der Waals surface area contributed by atoms with E-state index < -0.39 is 6.04 Å². The second-order valence-electron chi connectivity index (χ2n) is 6.70. The van der Waals surface area contributed by atoms with Gasteiger partial charge < -0.3 is 25.4 Å². The fourth-order valence-corrected chi connectivity index (χ4v) is 3.27. The zero-order valence-corrected chi connectivity index (χ0v) is 15.0. The summed E-state index contributed by atoms with van der Waals surface area (Å²) in [6.07, 6.45) is 1.19. The predicted molar refractivity (Wildman–Crippen MR) is 102 cm³/mol. The second-order valence-corrected chi connectivity index (χ2v) is 6.70. The van der Waals surface area contributed by atoms with Crippen LogP contribution < -0.4 is 25.4 Å². The Bertz CT molecular complexity index is 912. The SMILES string of the molecule is CN(C(=O)c1ccc2c(c1)CCC(N)C(=O)N2)c1ccc2c(c1)OCCO2. The van der Waals surface area contributed by atoms with Crippen molar-refractivity contribution in [2.24, 2.45) is 5.73 Å². The number of carbonyl (C=O) groups excluding carboxylic acids is 2. The molecule has 7 heteroatoms. The molecular weight excluding hydrogens is 346 g/mol.